The van der Waals surface area contributed by atoms with Crippen molar-refractivity contribution in [1.82, 2.24) is 5.32 Å². The summed E-state index contributed by atoms with van der Waals surface area (Å²) in [5, 5.41) is 6.69. The minimum absolute atomic E-state index is 0.0740. The lowest BCUT2D eigenvalue weighted by atomic mass is 10.2. The van der Waals surface area contributed by atoms with Crippen LogP contribution in [0.5, 0.6) is 0 Å². The first-order chi connectivity index (χ1) is 8.10. The molecule has 1 heterocycles. The van der Waals surface area contributed by atoms with Crippen LogP contribution < -0.4 is 16.4 Å². The standard InChI is InChI=1S/C11H11N3OS2/c1-13-10(15)9-5-6-4-7(14-11(12)16)2-3-8(6)17-9/h2-5H,1H3,(H,13,15)(H3,12,14,16). The molecular formula is C11H11N3OS2. The second kappa shape index (κ2) is 4.68. The van der Waals surface area contributed by atoms with E-state index in [1.165, 1.54) is 11.3 Å². The molecule has 2 rings (SSSR count). The summed E-state index contributed by atoms with van der Waals surface area (Å²) in [6, 6.07) is 7.58. The van der Waals surface area contributed by atoms with Crippen molar-refractivity contribution < 1.29 is 4.79 Å². The predicted molar refractivity (Wildman–Crippen MR) is 75.6 cm³/mol. The Morgan fingerprint density at radius 1 is 1.41 bits per heavy atom. The van der Waals surface area contributed by atoms with Gasteiger partial charge in [-0.2, -0.15) is 0 Å². The smallest absolute Gasteiger partial charge is 0.261 e. The van der Waals surface area contributed by atoms with Crippen LogP contribution in [-0.4, -0.2) is 18.1 Å². The first kappa shape index (κ1) is 11.8. The second-order valence-electron chi connectivity index (χ2n) is 3.43. The fourth-order valence-corrected chi connectivity index (χ4v) is 2.61. The number of hydrogen-bond acceptors (Lipinski definition) is 3. The van der Waals surface area contributed by atoms with E-state index in [1.807, 2.05) is 24.3 Å². The van der Waals surface area contributed by atoms with Gasteiger partial charge in [-0.05, 0) is 41.9 Å². The van der Waals surface area contributed by atoms with Gasteiger partial charge in [-0.15, -0.1) is 11.3 Å². The average molecular weight is 265 g/mol. The van der Waals surface area contributed by atoms with E-state index in [4.69, 9.17) is 18.0 Å². The van der Waals surface area contributed by atoms with Gasteiger partial charge in [0.1, 0.15) is 0 Å². The summed E-state index contributed by atoms with van der Waals surface area (Å²) in [7, 11) is 1.62. The van der Waals surface area contributed by atoms with Gasteiger partial charge >= 0.3 is 0 Å². The molecule has 4 N–H and O–H groups in total. The number of benzene rings is 1. The summed E-state index contributed by atoms with van der Waals surface area (Å²) in [6.07, 6.45) is 0. The third-order valence-electron chi connectivity index (χ3n) is 2.23. The molecule has 1 aromatic carbocycles. The van der Waals surface area contributed by atoms with E-state index in [9.17, 15) is 4.79 Å². The zero-order chi connectivity index (χ0) is 12.4. The number of hydrogen-bond donors (Lipinski definition) is 3. The third-order valence-corrected chi connectivity index (χ3v) is 3.45. The maximum Gasteiger partial charge on any atom is 0.261 e. The summed E-state index contributed by atoms with van der Waals surface area (Å²) >= 11 is 6.22. The molecule has 6 heteroatoms. The average Bonchev–Trinajstić information content (AvgIpc) is 2.70. The molecule has 0 fully saturated rings. The zero-order valence-corrected chi connectivity index (χ0v) is 10.7. The maximum absolute atomic E-state index is 11.5. The van der Waals surface area contributed by atoms with Gasteiger partial charge in [0.05, 0.1) is 4.88 Å². The van der Waals surface area contributed by atoms with Crippen LogP contribution in [-0.2, 0) is 0 Å². The van der Waals surface area contributed by atoms with Crippen LogP contribution in [0.4, 0.5) is 5.69 Å². The van der Waals surface area contributed by atoms with Crippen molar-refractivity contribution in [2.45, 2.75) is 0 Å². The van der Waals surface area contributed by atoms with E-state index in [0.29, 0.717) is 4.88 Å². The van der Waals surface area contributed by atoms with Crippen LogP contribution >= 0.6 is 23.6 Å². The zero-order valence-electron chi connectivity index (χ0n) is 9.11. The molecule has 0 aliphatic rings. The second-order valence-corrected chi connectivity index (χ2v) is 4.96. The summed E-state index contributed by atoms with van der Waals surface area (Å²) in [4.78, 5) is 12.2. The number of nitrogens with one attached hydrogen (secondary N) is 2. The number of anilines is 1. The molecule has 4 nitrogen and oxygen atoms in total. The van der Waals surface area contributed by atoms with Crippen molar-refractivity contribution in [2.75, 3.05) is 12.4 Å². The maximum atomic E-state index is 11.5. The Balaban J connectivity index is 2.40. The molecule has 0 bridgehead atoms. The van der Waals surface area contributed by atoms with Crippen molar-refractivity contribution in [3.63, 3.8) is 0 Å². The normalized spacial score (nSPS) is 10.2. The lowest BCUT2D eigenvalue weighted by Gasteiger charge is -2.02. The monoisotopic (exact) mass is 265 g/mol. The van der Waals surface area contributed by atoms with Crippen molar-refractivity contribution in [3.05, 3.63) is 29.1 Å². The van der Waals surface area contributed by atoms with Crippen molar-refractivity contribution >= 4 is 50.3 Å². The van der Waals surface area contributed by atoms with Crippen LogP contribution in [0.1, 0.15) is 9.67 Å². The molecule has 2 aromatic rings. The number of nitrogens with two attached hydrogens (primary N) is 1. The summed E-state index contributed by atoms with van der Waals surface area (Å²) in [5.74, 6) is -0.0740. The first-order valence-corrected chi connectivity index (χ1v) is 6.15. The SMILES string of the molecule is CNC(=O)c1cc2cc(NC(N)=S)ccc2s1. The van der Waals surface area contributed by atoms with Gasteiger partial charge in [0.25, 0.3) is 5.91 Å². The molecule has 0 saturated heterocycles. The van der Waals surface area contributed by atoms with E-state index in [1.54, 1.807) is 7.05 Å². The first-order valence-electron chi connectivity index (χ1n) is 4.92. The molecule has 0 spiro atoms. The highest BCUT2D eigenvalue weighted by molar-refractivity contribution is 7.80. The van der Waals surface area contributed by atoms with Gasteiger partial charge in [0.2, 0.25) is 0 Å². The van der Waals surface area contributed by atoms with Crippen LogP contribution in [0.2, 0.25) is 0 Å². The van der Waals surface area contributed by atoms with E-state index in [2.05, 4.69) is 10.6 Å². The highest BCUT2D eigenvalue weighted by Crippen LogP contribution is 2.28. The molecule has 0 aliphatic heterocycles. The summed E-state index contributed by atoms with van der Waals surface area (Å²) < 4.78 is 1.05. The van der Waals surface area contributed by atoms with Gasteiger partial charge in [0.15, 0.2) is 5.11 Å². The molecule has 0 saturated carbocycles. The fourth-order valence-electron chi connectivity index (χ4n) is 1.50. The number of rotatable bonds is 2. The minimum Gasteiger partial charge on any atom is -0.376 e. The molecule has 0 atom stereocenters. The molecule has 17 heavy (non-hydrogen) atoms. The molecule has 88 valence electrons. The largest absolute Gasteiger partial charge is 0.376 e. The van der Waals surface area contributed by atoms with Gasteiger partial charge in [-0.1, -0.05) is 0 Å². The van der Waals surface area contributed by atoms with Crippen LogP contribution in [0.3, 0.4) is 0 Å². The topological polar surface area (TPSA) is 67.2 Å². The molecule has 1 aromatic heterocycles. The predicted octanol–water partition coefficient (Wildman–Crippen LogP) is 1.92. The molecule has 0 unspecified atom stereocenters. The van der Waals surface area contributed by atoms with E-state index >= 15 is 0 Å². The van der Waals surface area contributed by atoms with Gasteiger partial charge in [0, 0.05) is 17.4 Å². The highest BCUT2D eigenvalue weighted by Gasteiger charge is 2.08. The third kappa shape index (κ3) is 2.54. The number of carbonyl (C=O) groups is 1. The fraction of sp³-hybridized carbons (Fsp3) is 0.0909. The lowest BCUT2D eigenvalue weighted by Crippen LogP contribution is -2.18. The van der Waals surface area contributed by atoms with Crippen LogP contribution in [0.25, 0.3) is 10.1 Å². The lowest BCUT2D eigenvalue weighted by molar-refractivity contribution is 0.0967. The van der Waals surface area contributed by atoms with Crippen molar-refractivity contribution in [3.8, 4) is 0 Å². The minimum atomic E-state index is -0.0740. The van der Waals surface area contributed by atoms with E-state index < -0.39 is 0 Å². The summed E-state index contributed by atoms with van der Waals surface area (Å²) in [5.41, 5.74) is 6.23. The van der Waals surface area contributed by atoms with Crippen LogP contribution in [0, 0.1) is 0 Å². The van der Waals surface area contributed by atoms with Crippen molar-refractivity contribution in [1.29, 1.82) is 0 Å². The van der Waals surface area contributed by atoms with Crippen LogP contribution in [0.15, 0.2) is 24.3 Å². The molecule has 1 amide bonds. The number of carbonyl (C=O) groups excluding carboxylic acids is 1. The highest BCUT2D eigenvalue weighted by atomic mass is 32.1. The molecule has 0 aliphatic carbocycles. The van der Waals surface area contributed by atoms with Gasteiger partial charge in [-0.3, -0.25) is 4.79 Å². The summed E-state index contributed by atoms with van der Waals surface area (Å²) in [6.45, 7) is 0. The number of thiophene rings is 1. The number of amides is 1. The molecular weight excluding hydrogens is 254 g/mol. The molecule has 0 radical (unpaired) electrons. The Kier molecular flexibility index (Phi) is 3.26. The Bertz CT molecular complexity index is 591. The number of thiocarbonyl (C=S) groups is 1. The van der Waals surface area contributed by atoms with Gasteiger partial charge < -0.3 is 16.4 Å². The van der Waals surface area contributed by atoms with Crippen molar-refractivity contribution in [2.24, 2.45) is 5.73 Å². The number of fused-ring (bicyclic) bond motifs is 1. The quantitative estimate of drug-likeness (QED) is 0.726. The van der Waals surface area contributed by atoms with E-state index in [-0.39, 0.29) is 11.0 Å². The van der Waals surface area contributed by atoms with E-state index in [0.717, 1.165) is 15.8 Å². The Hall–Kier alpha value is -1.66. The Morgan fingerprint density at radius 3 is 2.82 bits per heavy atom. The Labute approximate surface area is 108 Å². The van der Waals surface area contributed by atoms with Gasteiger partial charge in [-0.25, -0.2) is 0 Å². The Morgan fingerprint density at radius 2 is 2.18 bits per heavy atom.